The SMILES string of the molecule is CCCCOc1nc(NCc2ccc(CN3CCN(C(=O)OC(C)(C)C)CC3)s2)c(N)c(N(Cc2ccc(OC)cc2)Cc2ccc(OC)cc2)n1. The van der Waals surface area contributed by atoms with Crippen molar-refractivity contribution in [3.63, 3.8) is 0 Å². The smallest absolute Gasteiger partial charge is 0.410 e. The summed E-state index contributed by atoms with van der Waals surface area (Å²) in [7, 11) is 3.32. The zero-order valence-electron chi connectivity index (χ0n) is 31.3. The number of ether oxygens (including phenoxy) is 4. The number of nitrogens with one attached hydrogen (secondary N) is 1. The van der Waals surface area contributed by atoms with E-state index >= 15 is 0 Å². The van der Waals surface area contributed by atoms with Crippen LogP contribution in [0.15, 0.2) is 60.7 Å². The molecular weight excluding hydrogens is 679 g/mol. The second-order valence-electron chi connectivity index (χ2n) is 13.8. The number of amides is 1. The van der Waals surface area contributed by atoms with E-state index in [-0.39, 0.29) is 12.1 Å². The molecule has 4 aromatic rings. The van der Waals surface area contributed by atoms with Crippen molar-refractivity contribution in [1.29, 1.82) is 0 Å². The predicted molar refractivity (Wildman–Crippen MR) is 207 cm³/mol. The molecule has 0 bridgehead atoms. The molecule has 52 heavy (non-hydrogen) atoms. The minimum atomic E-state index is -0.495. The Bertz CT molecular complexity index is 1670. The minimum absolute atomic E-state index is 0.243. The standard InChI is InChI=1S/C39H53N7O5S/c1-7-8-23-50-37-42-35(41-24-32-17-18-33(52-32)27-44-19-21-45(22-20-44)38(47)51-39(2,3)4)34(40)36(43-37)46(25-28-9-13-30(48-5)14-10-28)26-29-11-15-31(49-6)16-12-29/h9-18H,7-8,19-27,40H2,1-6H3,(H,41,42,43). The molecule has 0 saturated carbocycles. The van der Waals surface area contributed by atoms with Crippen molar-refractivity contribution in [2.24, 2.45) is 0 Å². The number of unbranched alkanes of at least 4 members (excludes halogenated alkanes) is 1. The Kier molecular flexibility index (Phi) is 13.4. The molecule has 280 valence electrons. The molecule has 3 heterocycles. The van der Waals surface area contributed by atoms with E-state index in [4.69, 9.17) is 34.6 Å². The first-order chi connectivity index (χ1) is 25.0. The van der Waals surface area contributed by atoms with Crippen molar-refractivity contribution < 1.29 is 23.7 Å². The molecule has 1 amide bonds. The van der Waals surface area contributed by atoms with Crippen LogP contribution in [0.4, 0.5) is 22.1 Å². The Balaban J connectivity index is 1.31. The number of methoxy groups -OCH3 is 2. The number of anilines is 3. The third-order valence-corrected chi connectivity index (χ3v) is 9.62. The average molecular weight is 732 g/mol. The maximum atomic E-state index is 12.5. The van der Waals surface area contributed by atoms with Crippen molar-refractivity contribution in [2.75, 3.05) is 63.0 Å². The van der Waals surface area contributed by atoms with Gasteiger partial charge in [-0.1, -0.05) is 37.6 Å². The number of hydrogen-bond acceptors (Lipinski definition) is 12. The molecule has 13 heteroatoms. The van der Waals surface area contributed by atoms with E-state index in [2.05, 4.69) is 34.2 Å². The van der Waals surface area contributed by atoms with Crippen LogP contribution in [0.3, 0.4) is 0 Å². The first-order valence-corrected chi connectivity index (χ1v) is 18.7. The summed E-state index contributed by atoms with van der Waals surface area (Å²) in [6, 6.07) is 20.6. The van der Waals surface area contributed by atoms with Gasteiger partial charge in [0.2, 0.25) is 0 Å². The van der Waals surface area contributed by atoms with Crippen molar-refractivity contribution >= 4 is 34.8 Å². The Morgan fingerprint density at radius 1 is 0.885 bits per heavy atom. The summed E-state index contributed by atoms with van der Waals surface area (Å²) in [5.41, 5.74) is 9.01. The number of nitrogens with two attached hydrogens (primary N) is 1. The van der Waals surface area contributed by atoms with E-state index < -0.39 is 5.60 Å². The second kappa shape index (κ2) is 18.1. The molecule has 1 aliphatic rings. The quantitative estimate of drug-likeness (QED) is 0.114. The second-order valence-corrected chi connectivity index (χ2v) is 15.1. The molecule has 2 aromatic heterocycles. The number of nitrogens with zero attached hydrogens (tertiary/aromatic N) is 5. The number of aromatic nitrogens is 2. The average Bonchev–Trinajstić information content (AvgIpc) is 3.58. The van der Waals surface area contributed by atoms with Gasteiger partial charge in [0.25, 0.3) is 0 Å². The first-order valence-electron chi connectivity index (χ1n) is 17.9. The Labute approximate surface area is 311 Å². The molecule has 2 aromatic carbocycles. The van der Waals surface area contributed by atoms with Crippen LogP contribution in [0, 0.1) is 0 Å². The van der Waals surface area contributed by atoms with Crippen LogP contribution in [0.2, 0.25) is 0 Å². The zero-order valence-corrected chi connectivity index (χ0v) is 32.1. The topological polar surface area (TPSA) is 128 Å². The van der Waals surface area contributed by atoms with Gasteiger partial charge in [-0.25, -0.2) is 4.79 Å². The molecule has 12 nitrogen and oxygen atoms in total. The maximum absolute atomic E-state index is 12.5. The van der Waals surface area contributed by atoms with E-state index in [1.54, 1.807) is 30.5 Å². The fourth-order valence-corrected chi connectivity index (χ4v) is 6.70. The van der Waals surface area contributed by atoms with E-state index in [9.17, 15) is 4.79 Å². The number of nitrogen functional groups attached to an aromatic ring is 1. The fraction of sp³-hybridized carbons (Fsp3) is 0.462. The van der Waals surface area contributed by atoms with Gasteiger partial charge in [-0.15, -0.1) is 11.3 Å². The van der Waals surface area contributed by atoms with Gasteiger partial charge in [-0.2, -0.15) is 9.97 Å². The van der Waals surface area contributed by atoms with Gasteiger partial charge in [0.1, 0.15) is 22.8 Å². The highest BCUT2D eigenvalue weighted by Gasteiger charge is 2.26. The molecule has 0 atom stereocenters. The van der Waals surface area contributed by atoms with Gasteiger partial charge in [0.05, 0.1) is 27.4 Å². The van der Waals surface area contributed by atoms with Gasteiger partial charge in [0, 0.05) is 55.6 Å². The van der Waals surface area contributed by atoms with Gasteiger partial charge in [0.15, 0.2) is 11.6 Å². The molecule has 1 aliphatic heterocycles. The Morgan fingerprint density at radius 3 is 2.04 bits per heavy atom. The van der Waals surface area contributed by atoms with Crippen LogP contribution < -0.4 is 30.2 Å². The van der Waals surface area contributed by atoms with Crippen molar-refractivity contribution in [3.8, 4) is 17.5 Å². The van der Waals surface area contributed by atoms with Crippen LogP contribution >= 0.6 is 11.3 Å². The molecular formula is C39H53N7O5S. The number of benzene rings is 2. The molecule has 1 fully saturated rings. The van der Waals surface area contributed by atoms with E-state index in [0.29, 0.717) is 56.7 Å². The van der Waals surface area contributed by atoms with Crippen molar-refractivity contribution in [3.05, 3.63) is 81.5 Å². The molecule has 3 N–H and O–H groups in total. The number of thiophene rings is 1. The molecule has 1 saturated heterocycles. The van der Waals surface area contributed by atoms with Crippen LogP contribution in [-0.2, 0) is 30.9 Å². The molecule has 0 spiro atoms. The van der Waals surface area contributed by atoms with Gasteiger partial charge >= 0.3 is 12.1 Å². The van der Waals surface area contributed by atoms with Crippen molar-refractivity contribution in [2.45, 2.75) is 72.3 Å². The zero-order chi connectivity index (χ0) is 37.1. The van der Waals surface area contributed by atoms with E-state index in [1.165, 1.54) is 4.88 Å². The number of hydrogen-bond donors (Lipinski definition) is 2. The van der Waals surface area contributed by atoms with Crippen LogP contribution in [0.25, 0.3) is 0 Å². The highest BCUT2D eigenvalue weighted by molar-refractivity contribution is 7.12. The largest absolute Gasteiger partial charge is 0.497 e. The molecule has 0 aliphatic carbocycles. The normalized spacial score (nSPS) is 13.5. The first kappa shape index (κ1) is 38.5. The van der Waals surface area contributed by atoms with Gasteiger partial charge in [-0.05, 0) is 74.7 Å². The summed E-state index contributed by atoms with van der Waals surface area (Å²) in [4.78, 5) is 30.8. The lowest BCUT2D eigenvalue weighted by molar-refractivity contribution is 0.0139. The summed E-state index contributed by atoms with van der Waals surface area (Å²) in [6.45, 7) is 13.7. The summed E-state index contributed by atoms with van der Waals surface area (Å²) in [6.07, 6.45) is 1.64. The molecule has 0 unspecified atom stereocenters. The summed E-state index contributed by atoms with van der Waals surface area (Å²) in [5, 5.41) is 3.49. The monoisotopic (exact) mass is 731 g/mol. The van der Waals surface area contributed by atoms with E-state index in [1.807, 2.05) is 69.3 Å². The maximum Gasteiger partial charge on any atom is 0.410 e. The predicted octanol–water partition coefficient (Wildman–Crippen LogP) is 7.19. The number of carbonyl (C=O) groups is 1. The fourth-order valence-electron chi connectivity index (χ4n) is 5.70. The summed E-state index contributed by atoms with van der Waals surface area (Å²) in [5.74, 6) is 2.71. The minimum Gasteiger partial charge on any atom is -0.497 e. The van der Waals surface area contributed by atoms with Gasteiger partial charge < -0.3 is 39.8 Å². The number of carbonyl (C=O) groups excluding carboxylic acids is 1. The number of rotatable bonds is 16. The van der Waals surface area contributed by atoms with Crippen molar-refractivity contribution in [1.82, 2.24) is 19.8 Å². The van der Waals surface area contributed by atoms with E-state index in [0.717, 1.165) is 60.0 Å². The van der Waals surface area contributed by atoms with Crippen LogP contribution in [0.1, 0.15) is 61.4 Å². The summed E-state index contributed by atoms with van der Waals surface area (Å²) < 4.78 is 22.4. The summed E-state index contributed by atoms with van der Waals surface area (Å²) >= 11 is 1.75. The lowest BCUT2D eigenvalue weighted by Gasteiger charge is -2.35. The molecule has 0 radical (unpaired) electrons. The lowest BCUT2D eigenvalue weighted by Crippen LogP contribution is -2.49. The van der Waals surface area contributed by atoms with Gasteiger partial charge in [-0.3, -0.25) is 4.90 Å². The van der Waals surface area contributed by atoms with Crippen LogP contribution in [-0.4, -0.2) is 78.5 Å². The third-order valence-electron chi connectivity index (χ3n) is 8.55. The molecule has 5 rings (SSSR count). The number of piperazine rings is 1. The Morgan fingerprint density at radius 2 is 1.48 bits per heavy atom. The third kappa shape index (κ3) is 11.1. The lowest BCUT2D eigenvalue weighted by atomic mass is 10.1. The Hall–Kier alpha value is -4.75. The highest BCUT2D eigenvalue weighted by atomic mass is 32.1. The van der Waals surface area contributed by atoms with Crippen LogP contribution in [0.5, 0.6) is 17.5 Å². The highest BCUT2D eigenvalue weighted by Crippen LogP contribution is 2.33.